The highest BCUT2D eigenvalue weighted by molar-refractivity contribution is 7.99. The lowest BCUT2D eigenvalue weighted by Crippen LogP contribution is -2.17. The van der Waals surface area contributed by atoms with Gasteiger partial charge in [0.2, 0.25) is 0 Å². The molecule has 1 atom stereocenters. The maximum Gasteiger partial charge on any atom is 0.338 e. The molecule has 1 rings (SSSR count). The zero-order valence-electron chi connectivity index (χ0n) is 11.1. The summed E-state index contributed by atoms with van der Waals surface area (Å²) < 4.78 is 4.68. The van der Waals surface area contributed by atoms with Crippen molar-refractivity contribution in [3.05, 3.63) is 23.9 Å². The molecule has 100 valence electrons. The summed E-state index contributed by atoms with van der Waals surface area (Å²) >= 11 is 1.92. The number of hydrogen-bond acceptors (Lipinski definition) is 5. The number of carbonyl (C=O) groups excluding carboxylic acids is 1. The van der Waals surface area contributed by atoms with E-state index in [1.165, 1.54) is 7.11 Å². The third-order valence-corrected chi connectivity index (χ3v) is 3.41. The van der Waals surface area contributed by atoms with E-state index in [2.05, 4.69) is 28.9 Å². The minimum absolute atomic E-state index is 0.337. The van der Waals surface area contributed by atoms with Crippen molar-refractivity contribution < 1.29 is 9.53 Å². The Balaban J connectivity index is 2.53. The minimum Gasteiger partial charge on any atom is -0.465 e. The molecule has 1 aromatic heterocycles. The van der Waals surface area contributed by atoms with Gasteiger partial charge in [-0.25, -0.2) is 9.78 Å². The Labute approximate surface area is 113 Å². The number of thioether (sulfide) groups is 1. The summed E-state index contributed by atoms with van der Waals surface area (Å²) in [6.07, 6.45) is 2.69. The average molecular weight is 268 g/mol. The van der Waals surface area contributed by atoms with E-state index in [-0.39, 0.29) is 5.97 Å². The minimum atomic E-state index is -0.338. The Morgan fingerprint density at radius 3 is 3.06 bits per heavy atom. The number of hydrogen-bond donors (Lipinski definition) is 1. The summed E-state index contributed by atoms with van der Waals surface area (Å²) in [7, 11) is 1.38. The van der Waals surface area contributed by atoms with Gasteiger partial charge >= 0.3 is 5.97 Å². The van der Waals surface area contributed by atoms with Crippen molar-refractivity contribution in [3.63, 3.8) is 0 Å². The number of anilines is 1. The second-order valence-corrected chi connectivity index (χ2v) is 5.35. The van der Waals surface area contributed by atoms with Crippen molar-refractivity contribution in [2.45, 2.75) is 26.3 Å². The first kappa shape index (κ1) is 14.8. The fourth-order valence-corrected chi connectivity index (χ4v) is 2.29. The van der Waals surface area contributed by atoms with Crippen molar-refractivity contribution in [1.29, 1.82) is 0 Å². The van der Waals surface area contributed by atoms with Crippen LogP contribution >= 0.6 is 11.8 Å². The highest BCUT2D eigenvalue weighted by Gasteiger charge is 2.08. The number of carbonyl (C=O) groups is 1. The molecule has 0 aliphatic heterocycles. The van der Waals surface area contributed by atoms with Crippen molar-refractivity contribution in [2.75, 3.05) is 23.9 Å². The van der Waals surface area contributed by atoms with Crippen LogP contribution < -0.4 is 5.32 Å². The summed E-state index contributed by atoms with van der Waals surface area (Å²) in [5.41, 5.74) is 0.519. The summed E-state index contributed by atoms with van der Waals surface area (Å²) in [6, 6.07) is 3.70. The van der Waals surface area contributed by atoms with E-state index in [1.807, 2.05) is 11.8 Å². The van der Waals surface area contributed by atoms with Crippen LogP contribution in [0.1, 0.15) is 30.6 Å². The Kier molecular flexibility index (Phi) is 6.57. The van der Waals surface area contributed by atoms with Gasteiger partial charge < -0.3 is 10.1 Å². The van der Waals surface area contributed by atoms with Crippen LogP contribution in [0.4, 0.5) is 5.82 Å². The summed E-state index contributed by atoms with van der Waals surface area (Å²) in [5, 5.41) is 3.29. The van der Waals surface area contributed by atoms with Gasteiger partial charge in [-0.1, -0.05) is 6.92 Å². The van der Waals surface area contributed by atoms with E-state index < -0.39 is 0 Å². The fourth-order valence-electron chi connectivity index (χ4n) is 1.48. The van der Waals surface area contributed by atoms with Crippen LogP contribution in [0.5, 0.6) is 0 Å². The van der Waals surface area contributed by atoms with Gasteiger partial charge in [0.25, 0.3) is 0 Å². The number of esters is 1. The molecule has 1 unspecified atom stereocenters. The normalized spacial score (nSPS) is 11.9. The largest absolute Gasteiger partial charge is 0.465 e. The number of ether oxygens (including phenoxy) is 1. The molecular formula is C13H20N2O2S. The fraction of sp³-hybridized carbons (Fsp3) is 0.538. The molecule has 0 amide bonds. The van der Waals surface area contributed by atoms with Gasteiger partial charge in [-0.15, -0.1) is 0 Å². The van der Waals surface area contributed by atoms with E-state index in [9.17, 15) is 4.79 Å². The first-order valence-electron chi connectivity index (χ1n) is 6.06. The quantitative estimate of drug-likeness (QED) is 0.608. The van der Waals surface area contributed by atoms with Gasteiger partial charge in [0.05, 0.1) is 12.7 Å². The molecule has 1 aromatic rings. The number of nitrogens with one attached hydrogen (secondary N) is 1. The highest BCUT2D eigenvalue weighted by atomic mass is 32.2. The molecule has 0 aliphatic carbocycles. The third kappa shape index (κ3) is 4.96. The maximum atomic E-state index is 11.4. The molecule has 5 heteroatoms. The lowest BCUT2D eigenvalue weighted by Gasteiger charge is -2.14. The van der Waals surface area contributed by atoms with Crippen molar-refractivity contribution in [2.24, 2.45) is 0 Å². The Hall–Kier alpha value is -1.23. The standard InChI is InChI=1S/C13H20N2O2S/c1-4-18-8-6-10(2)15-12-9-11(5-7-14-12)13(16)17-3/h5,7,9-10H,4,6,8H2,1-3H3,(H,14,15). The lowest BCUT2D eigenvalue weighted by molar-refractivity contribution is 0.0600. The van der Waals surface area contributed by atoms with E-state index >= 15 is 0 Å². The van der Waals surface area contributed by atoms with Gasteiger partial charge in [-0.2, -0.15) is 11.8 Å². The molecule has 0 bridgehead atoms. The average Bonchev–Trinajstić information content (AvgIpc) is 2.38. The van der Waals surface area contributed by atoms with Crippen LogP contribution in [0, 0.1) is 0 Å². The van der Waals surface area contributed by atoms with Crippen molar-refractivity contribution >= 4 is 23.5 Å². The predicted molar refractivity (Wildman–Crippen MR) is 76.3 cm³/mol. The van der Waals surface area contributed by atoms with E-state index in [4.69, 9.17) is 0 Å². The molecule has 0 radical (unpaired) electrons. The monoisotopic (exact) mass is 268 g/mol. The van der Waals surface area contributed by atoms with Crippen molar-refractivity contribution in [3.8, 4) is 0 Å². The Morgan fingerprint density at radius 2 is 2.39 bits per heavy atom. The second-order valence-electron chi connectivity index (χ2n) is 3.95. The summed E-state index contributed by atoms with van der Waals surface area (Å²) in [6.45, 7) is 4.27. The van der Waals surface area contributed by atoms with Crippen LogP contribution in [-0.4, -0.2) is 35.6 Å². The smallest absolute Gasteiger partial charge is 0.338 e. The van der Waals surface area contributed by atoms with E-state index in [1.54, 1.807) is 18.3 Å². The van der Waals surface area contributed by atoms with E-state index in [0.717, 1.165) is 17.9 Å². The molecule has 0 aromatic carbocycles. The number of pyridine rings is 1. The first-order chi connectivity index (χ1) is 8.67. The van der Waals surface area contributed by atoms with E-state index in [0.29, 0.717) is 17.4 Å². The zero-order chi connectivity index (χ0) is 13.4. The molecule has 18 heavy (non-hydrogen) atoms. The number of methoxy groups -OCH3 is 1. The van der Waals surface area contributed by atoms with Crippen LogP contribution in [0.2, 0.25) is 0 Å². The molecule has 0 saturated carbocycles. The Bertz CT molecular complexity index is 385. The molecule has 1 heterocycles. The number of aromatic nitrogens is 1. The van der Waals surface area contributed by atoms with Gasteiger partial charge in [-0.3, -0.25) is 0 Å². The highest BCUT2D eigenvalue weighted by Crippen LogP contribution is 2.12. The van der Waals surface area contributed by atoms with Crippen LogP contribution in [-0.2, 0) is 4.74 Å². The van der Waals surface area contributed by atoms with Gasteiger partial charge in [0.15, 0.2) is 0 Å². The maximum absolute atomic E-state index is 11.4. The molecule has 0 fully saturated rings. The molecule has 4 nitrogen and oxygen atoms in total. The first-order valence-corrected chi connectivity index (χ1v) is 7.21. The van der Waals surface area contributed by atoms with Crippen LogP contribution in [0.3, 0.4) is 0 Å². The topological polar surface area (TPSA) is 51.2 Å². The molecular weight excluding hydrogens is 248 g/mol. The van der Waals surface area contributed by atoms with Crippen molar-refractivity contribution in [1.82, 2.24) is 4.98 Å². The van der Waals surface area contributed by atoms with Gasteiger partial charge in [-0.05, 0) is 37.0 Å². The third-order valence-electron chi connectivity index (χ3n) is 2.47. The van der Waals surface area contributed by atoms with Crippen LogP contribution in [0.15, 0.2) is 18.3 Å². The number of rotatable bonds is 7. The van der Waals surface area contributed by atoms with Crippen LogP contribution in [0.25, 0.3) is 0 Å². The molecule has 1 N–H and O–H groups in total. The second kappa shape index (κ2) is 7.97. The van der Waals surface area contributed by atoms with Gasteiger partial charge in [0, 0.05) is 12.2 Å². The van der Waals surface area contributed by atoms with Gasteiger partial charge in [0.1, 0.15) is 5.82 Å². The zero-order valence-corrected chi connectivity index (χ0v) is 11.9. The summed E-state index contributed by atoms with van der Waals surface area (Å²) in [4.78, 5) is 15.6. The lowest BCUT2D eigenvalue weighted by atomic mass is 10.2. The Morgan fingerprint density at radius 1 is 1.61 bits per heavy atom. The molecule has 0 spiro atoms. The summed E-state index contributed by atoms with van der Waals surface area (Å²) in [5.74, 6) is 2.64. The predicted octanol–water partition coefficient (Wildman–Crippen LogP) is 2.81. The SMILES string of the molecule is CCSCCC(C)Nc1cc(C(=O)OC)ccn1. The number of nitrogens with zero attached hydrogens (tertiary/aromatic N) is 1. The molecule has 0 aliphatic rings. The molecule has 0 saturated heterocycles.